The Morgan fingerprint density at radius 2 is 0.606 bits per heavy atom. The van der Waals surface area contributed by atoms with Crippen LogP contribution in [0.5, 0.6) is 0 Å². The van der Waals surface area contributed by atoms with E-state index in [1.165, 1.54) is 173 Å². The molecule has 0 saturated carbocycles. The lowest BCUT2D eigenvalue weighted by Crippen LogP contribution is -2.37. The Kier molecular flexibility index (Phi) is 69.9. The van der Waals surface area contributed by atoms with Gasteiger partial charge in [0.15, 0.2) is 6.10 Å². The summed E-state index contributed by atoms with van der Waals surface area (Å²) in [5.41, 5.74) is 0. The Morgan fingerprint density at radius 3 is 0.904 bits per heavy atom. The summed E-state index contributed by atoms with van der Waals surface area (Å²) >= 11 is 0. The molecule has 0 fully saturated rings. The maximum Gasteiger partial charge on any atom is 0.472 e. The van der Waals surface area contributed by atoms with E-state index in [9.17, 15) is 19.0 Å². The number of phosphoric acid groups is 1. The highest BCUT2D eigenvalue weighted by Crippen LogP contribution is 2.43. The van der Waals surface area contributed by atoms with E-state index in [1.807, 2.05) is 21.1 Å². The lowest BCUT2D eigenvalue weighted by atomic mass is 10.0. The van der Waals surface area contributed by atoms with E-state index in [0.29, 0.717) is 17.4 Å². The van der Waals surface area contributed by atoms with E-state index in [-0.39, 0.29) is 32.0 Å². The number of nitrogens with zero attached hydrogens (tertiary/aromatic N) is 1. The van der Waals surface area contributed by atoms with Gasteiger partial charge < -0.3 is 18.9 Å². The van der Waals surface area contributed by atoms with Crippen LogP contribution in [0.1, 0.15) is 322 Å². The second-order valence-electron chi connectivity index (χ2n) is 26.7. The van der Waals surface area contributed by atoms with Gasteiger partial charge in [-0.1, -0.05) is 333 Å². The lowest BCUT2D eigenvalue weighted by Gasteiger charge is -2.24. The van der Waals surface area contributed by atoms with Crippen LogP contribution < -0.4 is 0 Å². The molecule has 538 valence electrons. The van der Waals surface area contributed by atoms with E-state index in [0.717, 1.165) is 116 Å². The van der Waals surface area contributed by atoms with Gasteiger partial charge in [-0.15, -0.1) is 0 Å². The quantitative estimate of drug-likeness (QED) is 0.0211. The highest BCUT2D eigenvalue weighted by atomic mass is 31.2. The van der Waals surface area contributed by atoms with Gasteiger partial charge in [-0.05, 0) is 122 Å². The highest BCUT2D eigenvalue weighted by Gasteiger charge is 2.27. The van der Waals surface area contributed by atoms with Crippen LogP contribution in [0, 0.1) is 0 Å². The summed E-state index contributed by atoms with van der Waals surface area (Å²) in [6.07, 6.45) is 108. The van der Waals surface area contributed by atoms with Gasteiger partial charge in [0, 0.05) is 12.8 Å². The number of rotatable bonds is 70. The number of hydrogen-bond acceptors (Lipinski definition) is 7. The number of hydrogen-bond donors (Lipinski definition) is 1. The zero-order valence-electron chi connectivity index (χ0n) is 61.4. The van der Waals surface area contributed by atoms with Crippen LogP contribution in [0.4, 0.5) is 0 Å². The summed E-state index contributed by atoms with van der Waals surface area (Å²) < 4.78 is 34.8. The molecule has 0 rings (SSSR count). The largest absolute Gasteiger partial charge is 0.472 e. The van der Waals surface area contributed by atoms with Crippen molar-refractivity contribution in [2.24, 2.45) is 0 Å². The van der Waals surface area contributed by atoms with E-state index in [4.69, 9.17) is 18.5 Å². The molecule has 0 saturated heterocycles. The molecular weight excluding hydrogens is 1180 g/mol. The molecule has 0 aromatic rings. The van der Waals surface area contributed by atoms with Crippen molar-refractivity contribution in [1.29, 1.82) is 0 Å². The van der Waals surface area contributed by atoms with Crippen molar-refractivity contribution in [2.75, 3.05) is 47.5 Å². The molecule has 0 radical (unpaired) electrons. The Hall–Kier alpha value is -4.11. The normalized spacial score (nSPS) is 13.9. The number of carbonyl (C=O) groups excluding carboxylic acids is 2. The van der Waals surface area contributed by atoms with Crippen molar-refractivity contribution in [2.45, 2.75) is 328 Å². The molecule has 1 N–H and O–H groups in total. The molecule has 10 heteroatoms. The summed E-state index contributed by atoms with van der Waals surface area (Å²) in [4.78, 5) is 36.0. The minimum absolute atomic E-state index is 0.0259. The van der Waals surface area contributed by atoms with Gasteiger partial charge in [-0.25, -0.2) is 4.57 Å². The minimum atomic E-state index is -4.40. The van der Waals surface area contributed by atoms with Crippen LogP contribution in [-0.2, 0) is 32.7 Å². The van der Waals surface area contributed by atoms with Crippen LogP contribution in [-0.4, -0.2) is 74.9 Å². The molecule has 2 atom stereocenters. The van der Waals surface area contributed by atoms with E-state index < -0.39 is 26.5 Å². The van der Waals surface area contributed by atoms with Crippen LogP contribution in [0.25, 0.3) is 0 Å². The first kappa shape index (κ1) is 89.9. The average Bonchev–Trinajstić information content (AvgIpc) is 1.56. The smallest absolute Gasteiger partial charge is 0.462 e. The first-order chi connectivity index (χ1) is 46.0. The number of ether oxygens (including phenoxy) is 2. The Bertz CT molecular complexity index is 2100. The summed E-state index contributed by atoms with van der Waals surface area (Å²) in [6, 6.07) is 0. The highest BCUT2D eigenvalue weighted by molar-refractivity contribution is 7.47. The van der Waals surface area contributed by atoms with E-state index in [1.54, 1.807) is 0 Å². The molecule has 0 aromatic heterocycles. The molecule has 0 aliphatic carbocycles. The number of quaternary nitrogens is 1. The van der Waals surface area contributed by atoms with Crippen molar-refractivity contribution in [3.8, 4) is 0 Å². The van der Waals surface area contributed by atoms with Crippen molar-refractivity contribution in [3.05, 3.63) is 146 Å². The molecule has 0 aliphatic heterocycles. The molecule has 0 aromatic carbocycles. The van der Waals surface area contributed by atoms with Crippen molar-refractivity contribution in [3.63, 3.8) is 0 Å². The van der Waals surface area contributed by atoms with Crippen LogP contribution in [0.2, 0.25) is 0 Å². The zero-order valence-corrected chi connectivity index (χ0v) is 62.3. The molecule has 0 bridgehead atoms. The number of esters is 2. The van der Waals surface area contributed by atoms with Crippen molar-refractivity contribution < 1.29 is 42.1 Å². The van der Waals surface area contributed by atoms with Gasteiger partial charge in [0.2, 0.25) is 0 Å². The van der Waals surface area contributed by atoms with Gasteiger partial charge in [0.1, 0.15) is 19.8 Å². The van der Waals surface area contributed by atoms with E-state index in [2.05, 4.69) is 160 Å². The molecule has 0 aliphatic rings. The number of likely N-dealkylation sites (N-methyl/N-ethyl adjacent to an activating group) is 1. The van der Waals surface area contributed by atoms with Gasteiger partial charge >= 0.3 is 19.8 Å². The van der Waals surface area contributed by atoms with Crippen molar-refractivity contribution in [1.82, 2.24) is 0 Å². The Morgan fingerprint density at radius 1 is 0.340 bits per heavy atom. The number of allylic oxidation sites excluding steroid dienone is 24. The summed E-state index contributed by atoms with van der Waals surface area (Å²) in [6.45, 7) is 4.32. The zero-order chi connectivity index (χ0) is 68.3. The predicted molar refractivity (Wildman–Crippen MR) is 408 cm³/mol. The molecule has 0 amide bonds. The first-order valence-corrected chi connectivity index (χ1v) is 40.1. The number of unbranched alkanes of at least 4 members (excludes halogenated alkanes) is 32. The van der Waals surface area contributed by atoms with Gasteiger partial charge in [0.25, 0.3) is 0 Å². The Balaban J connectivity index is 4.05. The third-order valence-corrected chi connectivity index (χ3v) is 17.3. The topological polar surface area (TPSA) is 108 Å². The fraction of sp³-hybridized carbons (Fsp3) is 0.690. The monoisotopic (exact) mass is 1330 g/mol. The fourth-order valence-electron chi connectivity index (χ4n) is 10.5. The second-order valence-corrected chi connectivity index (χ2v) is 28.1. The molecule has 0 heterocycles. The second kappa shape index (κ2) is 73.1. The van der Waals surface area contributed by atoms with Crippen LogP contribution in [0.3, 0.4) is 0 Å². The first-order valence-electron chi connectivity index (χ1n) is 38.6. The Labute approximate surface area is 580 Å². The van der Waals surface area contributed by atoms with Crippen molar-refractivity contribution >= 4 is 19.8 Å². The standard InChI is InChI=1S/C84H144NO8P/c1-6-8-10-12-14-16-18-20-22-24-26-28-30-32-34-36-38-39-40-41-42-43-44-45-47-49-51-53-55-57-59-61-63-65-67-69-71-73-75-77-84(87)93-82(81-92-94(88,89)91-79-78-85(3,4)5)80-90-83(86)76-74-72-70-68-66-64-62-60-58-56-54-52-50-48-46-37-35-33-31-29-27-25-23-21-19-17-15-13-11-9-7-2/h8,10,14,16,19-22,25-28,31-34,38-39,41-42,44-45,49,51,82H,6-7,9,11-13,15,17-18,23-24,29-30,35-37,40,43,46-48,50,52-81H2,1-5H3/p+1/b10-8-,16-14-,21-19-,22-20-,27-25-,28-26-,33-31-,34-32-,39-38-,42-41-,45-44-,51-49-. The van der Waals surface area contributed by atoms with Gasteiger partial charge in [-0.3, -0.25) is 18.6 Å². The average molecular weight is 1330 g/mol. The van der Waals surface area contributed by atoms with Gasteiger partial charge in [0.05, 0.1) is 27.7 Å². The third-order valence-electron chi connectivity index (χ3n) is 16.4. The van der Waals surface area contributed by atoms with Crippen LogP contribution >= 0.6 is 7.82 Å². The molecule has 9 nitrogen and oxygen atoms in total. The molecule has 94 heavy (non-hydrogen) atoms. The van der Waals surface area contributed by atoms with E-state index >= 15 is 0 Å². The molecule has 0 spiro atoms. The summed E-state index contributed by atoms with van der Waals surface area (Å²) in [5, 5.41) is 0. The maximum atomic E-state index is 12.9. The predicted octanol–water partition coefficient (Wildman–Crippen LogP) is 25.7. The minimum Gasteiger partial charge on any atom is -0.462 e. The molecule has 2 unspecified atom stereocenters. The lowest BCUT2D eigenvalue weighted by molar-refractivity contribution is -0.870. The fourth-order valence-corrected chi connectivity index (χ4v) is 11.2. The SMILES string of the molecule is CC/C=C\C/C=C\C/C=C\C/C=C\C/C=C\C/C=C\C/C=C\C/C=C\C/C=C\CCCCCCCCCCCCCC(=O)OC(COC(=O)CCCCCCCCCCCCCCCCCC/C=C\C/C=C\C/C=C\CCCCCCC)COP(=O)(O)OCC[N+](C)(C)C. The number of carbonyl (C=O) groups is 2. The summed E-state index contributed by atoms with van der Waals surface area (Å²) in [7, 11) is 1.47. The third kappa shape index (κ3) is 76.9. The van der Waals surface area contributed by atoms with Gasteiger partial charge in [-0.2, -0.15) is 0 Å². The maximum absolute atomic E-state index is 12.9. The summed E-state index contributed by atoms with van der Waals surface area (Å²) in [5.74, 6) is -0.798. The van der Waals surface area contributed by atoms with Crippen LogP contribution in [0.15, 0.2) is 146 Å². The number of phosphoric ester groups is 1. The molecular formula is C84H145NO8P+.